The van der Waals surface area contributed by atoms with Gasteiger partial charge in [0.05, 0.1) is 22.6 Å². The van der Waals surface area contributed by atoms with Crippen molar-refractivity contribution in [3.8, 4) is 6.07 Å². The van der Waals surface area contributed by atoms with E-state index >= 15 is 0 Å². The largest absolute Gasteiger partial charge is 0.416 e. The van der Waals surface area contributed by atoms with Crippen LogP contribution in [-0.4, -0.2) is 26.5 Å². The quantitative estimate of drug-likeness (QED) is 0.875. The minimum atomic E-state index is -4.52. The molecule has 0 bridgehead atoms. The van der Waals surface area contributed by atoms with Crippen LogP contribution in [-0.2, 0) is 16.0 Å². The van der Waals surface area contributed by atoms with E-state index in [0.717, 1.165) is 18.2 Å². The molecule has 0 spiro atoms. The van der Waals surface area contributed by atoms with E-state index < -0.39 is 21.6 Å². The fourth-order valence-electron chi connectivity index (χ4n) is 1.72. The third kappa shape index (κ3) is 5.27. The van der Waals surface area contributed by atoms with Gasteiger partial charge in [0.15, 0.2) is 9.84 Å². The fraction of sp³-hybridized carbons (Fsp3) is 0.462. The number of rotatable bonds is 6. The molecule has 4 nitrogen and oxygen atoms in total. The Bertz CT molecular complexity index is 634. The average Bonchev–Trinajstić information content (AvgIpc) is 2.37. The maximum Gasteiger partial charge on any atom is 0.416 e. The van der Waals surface area contributed by atoms with Crippen LogP contribution in [0.1, 0.15) is 24.5 Å². The molecule has 0 saturated carbocycles. The smallest absolute Gasteiger partial charge is 0.383 e. The first-order valence-electron chi connectivity index (χ1n) is 6.25. The molecule has 0 aromatic heterocycles. The molecule has 1 aromatic carbocycles. The number of alkyl halides is 3. The van der Waals surface area contributed by atoms with Crippen LogP contribution >= 0.6 is 0 Å². The summed E-state index contributed by atoms with van der Waals surface area (Å²) in [6, 6.07) is 4.39. The van der Waals surface area contributed by atoms with E-state index in [2.05, 4.69) is 5.32 Å². The summed E-state index contributed by atoms with van der Waals surface area (Å²) in [6.07, 6.45) is -4.01. The van der Waals surface area contributed by atoms with Gasteiger partial charge in [-0.15, -0.1) is 0 Å². The van der Waals surface area contributed by atoms with E-state index in [1.54, 1.807) is 13.0 Å². The Morgan fingerprint density at radius 1 is 1.29 bits per heavy atom. The van der Waals surface area contributed by atoms with E-state index in [9.17, 15) is 21.6 Å². The number of nitrogens with one attached hydrogen (secondary N) is 1. The number of hydrogen-bond acceptors (Lipinski definition) is 4. The van der Waals surface area contributed by atoms with Gasteiger partial charge in [-0.05, 0) is 24.6 Å². The van der Waals surface area contributed by atoms with Crippen LogP contribution in [0.2, 0.25) is 0 Å². The molecular weight excluding hydrogens is 305 g/mol. The first kappa shape index (κ1) is 17.3. The van der Waals surface area contributed by atoms with Crippen LogP contribution in [0.25, 0.3) is 0 Å². The van der Waals surface area contributed by atoms with Crippen molar-refractivity contribution < 1.29 is 21.6 Å². The highest BCUT2D eigenvalue weighted by atomic mass is 32.2. The van der Waals surface area contributed by atoms with E-state index in [0.29, 0.717) is 6.42 Å². The zero-order valence-electron chi connectivity index (χ0n) is 11.4. The zero-order chi connectivity index (χ0) is 16.1. The summed E-state index contributed by atoms with van der Waals surface area (Å²) < 4.78 is 60.6. The van der Waals surface area contributed by atoms with Gasteiger partial charge in [-0.25, -0.2) is 8.42 Å². The molecule has 0 unspecified atom stereocenters. The third-order valence-electron chi connectivity index (χ3n) is 2.71. The lowest BCUT2D eigenvalue weighted by atomic mass is 10.1. The lowest BCUT2D eigenvalue weighted by Gasteiger charge is -2.11. The van der Waals surface area contributed by atoms with Gasteiger partial charge in [-0.2, -0.15) is 18.4 Å². The number of halogens is 3. The van der Waals surface area contributed by atoms with Crippen molar-refractivity contribution in [3.05, 3.63) is 29.3 Å². The summed E-state index contributed by atoms with van der Waals surface area (Å²) >= 11 is 0. The second-order valence-corrected chi connectivity index (χ2v) is 6.75. The molecule has 1 N–H and O–H groups in total. The minimum Gasteiger partial charge on any atom is -0.383 e. The summed E-state index contributed by atoms with van der Waals surface area (Å²) in [4.78, 5) is 0. The Balaban J connectivity index is 2.80. The van der Waals surface area contributed by atoms with E-state index in [4.69, 9.17) is 5.26 Å². The van der Waals surface area contributed by atoms with Crippen LogP contribution in [0.3, 0.4) is 0 Å². The van der Waals surface area contributed by atoms with Gasteiger partial charge in [0, 0.05) is 12.3 Å². The number of nitrogens with zero attached hydrogens (tertiary/aromatic N) is 1. The standard InChI is InChI=1S/C13H15F3N2O2S/c1-2-6-21(19,20)7-5-18-12-4-3-11(13(14,15)16)8-10(12)9-17/h3-4,8,18H,2,5-7H2,1H3. The van der Waals surface area contributed by atoms with Crippen molar-refractivity contribution in [2.24, 2.45) is 0 Å². The molecule has 0 saturated heterocycles. The normalized spacial score (nSPS) is 12.0. The van der Waals surface area contributed by atoms with Gasteiger partial charge in [0.2, 0.25) is 0 Å². The summed E-state index contributed by atoms with van der Waals surface area (Å²) in [5, 5.41) is 11.6. The average molecular weight is 320 g/mol. The highest BCUT2D eigenvalue weighted by Gasteiger charge is 2.31. The summed E-state index contributed by atoms with van der Waals surface area (Å²) in [5.74, 6) is -0.0699. The van der Waals surface area contributed by atoms with Crippen molar-refractivity contribution >= 4 is 15.5 Å². The summed E-state index contributed by atoms with van der Waals surface area (Å²) in [5.41, 5.74) is -0.891. The van der Waals surface area contributed by atoms with Gasteiger partial charge in [0.25, 0.3) is 0 Å². The highest BCUT2D eigenvalue weighted by Crippen LogP contribution is 2.31. The number of sulfone groups is 1. The molecular formula is C13H15F3N2O2S. The van der Waals surface area contributed by atoms with E-state index in [-0.39, 0.29) is 29.3 Å². The lowest BCUT2D eigenvalue weighted by molar-refractivity contribution is -0.137. The van der Waals surface area contributed by atoms with Gasteiger partial charge in [0.1, 0.15) is 6.07 Å². The third-order valence-corrected chi connectivity index (χ3v) is 4.57. The van der Waals surface area contributed by atoms with E-state index in [1.807, 2.05) is 0 Å². The van der Waals surface area contributed by atoms with Crippen molar-refractivity contribution in [1.82, 2.24) is 0 Å². The first-order chi connectivity index (χ1) is 9.69. The molecule has 0 aliphatic heterocycles. The summed E-state index contributed by atoms with van der Waals surface area (Å²) in [7, 11) is -3.18. The van der Waals surface area contributed by atoms with Crippen molar-refractivity contribution in [3.63, 3.8) is 0 Å². The topological polar surface area (TPSA) is 70.0 Å². The minimum absolute atomic E-state index is 0.0440. The Labute approximate surface area is 121 Å². The molecule has 0 atom stereocenters. The van der Waals surface area contributed by atoms with Crippen molar-refractivity contribution in [2.75, 3.05) is 23.4 Å². The molecule has 0 radical (unpaired) electrons. The van der Waals surface area contributed by atoms with E-state index in [1.165, 1.54) is 0 Å². The SMILES string of the molecule is CCCS(=O)(=O)CCNc1ccc(C(F)(F)F)cc1C#N. The predicted octanol–water partition coefficient (Wildman–Crippen LogP) is 2.81. The number of benzene rings is 1. The molecule has 0 fully saturated rings. The van der Waals surface area contributed by atoms with Gasteiger partial charge >= 0.3 is 6.18 Å². The summed E-state index contributed by atoms with van der Waals surface area (Å²) in [6.45, 7) is 1.79. The Hall–Kier alpha value is -1.75. The number of nitriles is 1. The number of hydrogen-bond donors (Lipinski definition) is 1. The maximum absolute atomic E-state index is 12.5. The fourth-order valence-corrected chi connectivity index (χ4v) is 2.96. The van der Waals surface area contributed by atoms with Gasteiger partial charge in [-0.1, -0.05) is 6.92 Å². The molecule has 1 rings (SSSR count). The molecule has 21 heavy (non-hydrogen) atoms. The molecule has 0 aliphatic rings. The highest BCUT2D eigenvalue weighted by molar-refractivity contribution is 7.91. The maximum atomic E-state index is 12.5. The Morgan fingerprint density at radius 3 is 2.48 bits per heavy atom. The van der Waals surface area contributed by atoms with Crippen molar-refractivity contribution in [1.29, 1.82) is 5.26 Å². The molecule has 1 aromatic rings. The molecule has 0 heterocycles. The van der Waals surface area contributed by atoms with Crippen LogP contribution < -0.4 is 5.32 Å². The molecule has 0 aliphatic carbocycles. The Kier molecular flexibility index (Phi) is 5.61. The van der Waals surface area contributed by atoms with Gasteiger partial charge < -0.3 is 5.32 Å². The molecule has 8 heteroatoms. The van der Waals surface area contributed by atoms with Gasteiger partial charge in [-0.3, -0.25) is 0 Å². The van der Waals surface area contributed by atoms with Crippen LogP contribution in [0.4, 0.5) is 18.9 Å². The molecule has 0 amide bonds. The van der Waals surface area contributed by atoms with Crippen LogP contribution in [0, 0.1) is 11.3 Å². The monoisotopic (exact) mass is 320 g/mol. The molecule has 116 valence electrons. The van der Waals surface area contributed by atoms with Crippen LogP contribution in [0.5, 0.6) is 0 Å². The van der Waals surface area contributed by atoms with Crippen LogP contribution in [0.15, 0.2) is 18.2 Å². The lowest BCUT2D eigenvalue weighted by Crippen LogP contribution is -2.18. The number of anilines is 1. The predicted molar refractivity (Wildman–Crippen MR) is 73.6 cm³/mol. The van der Waals surface area contributed by atoms with Crippen molar-refractivity contribution in [2.45, 2.75) is 19.5 Å². The first-order valence-corrected chi connectivity index (χ1v) is 8.07. The zero-order valence-corrected chi connectivity index (χ0v) is 12.2. The second-order valence-electron chi connectivity index (χ2n) is 4.45. The second kappa shape index (κ2) is 6.80. The Morgan fingerprint density at radius 2 is 1.95 bits per heavy atom.